The second kappa shape index (κ2) is 10.5. The lowest BCUT2D eigenvalue weighted by Crippen LogP contribution is -2.50. The summed E-state index contributed by atoms with van der Waals surface area (Å²) in [4.78, 5) is 12.8. The monoisotopic (exact) mass is 484 g/mol. The number of benzene rings is 2. The molecule has 0 fully saturated rings. The number of para-hydroxylation sites is 1. The van der Waals surface area contributed by atoms with Gasteiger partial charge in [0, 0.05) is 0 Å². The first-order valence-electron chi connectivity index (χ1n) is 10.3. The Hall–Kier alpha value is -2.32. The van der Waals surface area contributed by atoms with Crippen molar-refractivity contribution in [3.63, 3.8) is 0 Å². The Labute approximate surface area is 194 Å². The molecule has 0 heterocycles. The van der Waals surface area contributed by atoms with E-state index in [1.807, 2.05) is 24.3 Å². The molecule has 2 aromatic carbocycles. The summed E-state index contributed by atoms with van der Waals surface area (Å²) in [5.74, 6) is -0.417. The largest absolute Gasteiger partial charge is 0.491 e. The van der Waals surface area contributed by atoms with E-state index in [0.717, 1.165) is 27.9 Å². The minimum absolute atomic E-state index is 0.0977. The summed E-state index contributed by atoms with van der Waals surface area (Å²) in [6, 6.07) is 10.2. The molecule has 1 atom stereocenters. The van der Waals surface area contributed by atoms with Gasteiger partial charge < -0.3 is 10.1 Å². The van der Waals surface area contributed by atoms with Crippen LogP contribution in [0.5, 0.6) is 5.75 Å². The molecule has 2 rings (SSSR count). The third-order valence-electron chi connectivity index (χ3n) is 4.84. The van der Waals surface area contributed by atoms with E-state index in [2.05, 4.69) is 26.1 Å². The fourth-order valence-corrected chi connectivity index (χ4v) is 4.73. The summed E-state index contributed by atoms with van der Waals surface area (Å²) in [6.07, 6.45) is 1.20. The number of nitrogens with one attached hydrogen (secondary N) is 1. The molecule has 0 aromatic heterocycles. The van der Waals surface area contributed by atoms with E-state index in [9.17, 15) is 17.6 Å². The standard InChI is InChI=1S/C23H30ClFN2O4S/c1-6-20(27(32(5,29)30)16-11-12-19(25)18(24)15-16)22(28)26-13-14-31-21-10-8-7-9-17(21)23(2,3)4/h7-12,15,20H,6,13-14H2,1-5H3,(H,26,28)/t20-/m1/s1. The highest BCUT2D eigenvalue weighted by Crippen LogP contribution is 2.31. The van der Waals surface area contributed by atoms with Crippen LogP contribution in [0.1, 0.15) is 39.7 Å². The average Bonchev–Trinajstić information content (AvgIpc) is 2.70. The molecule has 0 saturated carbocycles. The molecule has 0 aliphatic carbocycles. The first kappa shape index (κ1) is 25.9. The molecule has 176 valence electrons. The van der Waals surface area contributed by atoms with Crippen LogP contribution in [0.15, 0.2) is 42.5 Å². The maximum atomic E-state index is 13.6. The van der Waals surface area contributed by atoms with Crippen molar-refractivity contribution in [3.05, 3.63) is 58.9 Å². The van der Waals surface area contributed by atoms with Crippen LogP contribution < -0.4 is 14.4 Å². The van der Waals surface area contributed by atoms with E-state index in [0.29, 0.717) is 0 Å². The van der Waals surface area contributed by atoms with Crippen molar-refractivity contribution in [1.29, 1.82) is 0 Å². The van der Waals surface area contributed by atoms with Crippen LogP contribution in [-0.2, 0) is 20.2 Å². The summed E-state index contributed by atoms with van der Waals surface area (Å²) in [7, 11) is -3.84. The van der Waals surface area contributed by atoms with Gasteiger partial charge >= 0.3 is 0 Å². The highest BCUT2D eigenvalue weighted by Gasteiger charge is 2.31. The molecule has 0 aliphatic heterocycles. The topological polar surface area (TPSA) is 75.7 Å². The summed E-state index contributed by atoms with van der Waals surface area (Å²) < 4.78 is 45.3. The van der Waals surface area contributed by atoms with Gasteiger partial charge in [0.25, 0.3) is 0 Å². The Morgan fingerprint density at radius 3 is 2.44 bits per heavy atom. The number of hydrogen-bond acceptors (Lipinski definition) is 4. The number of ether oxygens (including phenoxy) is 1. The smallest absolute Gasteiger partial charge is 0.244 e. The molecule has 0 bridgehead atoms. The molecule has 0 radical (unpaired) electrons. The molecule has 2 aromatic rings. The van der Waals surface area contributed by atoms with Gasteiger partial charge in [0.2, 0.25) is 15.9 Å². The van der Waals surface area contributed by atoms with Crippen LogP contribution in [0, 0.1) is 5.82 Å². The number of amides is 1. The predicted octanol–water partition coefficient (Wildman–Crippen LogP) is 4.52. The lowest BCUT2D eigenvalue weighted by Gasteiger charge is -2.30. The summed E-state index contributed by atoms with van der Waals surface area (Å²) in [5, 5.41) is 2.51. The minimum atomic E-state index is -3.84. The van der Waals surface area contributed by atoms with Crippen molar-refractivity contribution >= 4 is 33.2 Å². The van der Waals surface area contributed by atoms with Crippen LogP contribution in [0.2, 0.25) is 5.02 Å². The first-order chi connectivity index (χ1) is 14.9. The Balaban J connectivity index is 2.11. The van der Waals surface area contributed by atoms with Crippen molar-refractivity contribution in [1.82, 2.24) is 5.32 Å². The van der Waals surface area contributed by atoms with Crippen LogP contribution in [0.25, 0.3) is 0 Å². The molecular weight excluding hydrogens is 455 g/mol. The third-order valence-corrected chi connectivity index (χ3v) is 6.31. The van der Waals surface area contributed by atoms with Gasteiger partial charge in [-0.3, -0.25) is 9.10 Å². The fraction of sp³-hybridized carbons (Fsp3) is 0.435. The van der Waals surface area contributed by atoms with Crippen LogP contribution in [0.3, 0.4) is 0 Å². The predicted molar refractivity (Wildman–Crippen MR) is 126 cm³/mol. The lowest BCUT2D eigenvalue weighted by atomic mass is 9.86. The first-order valence-corrected chi connectivity index (χ1v) is 12.5. The Morgan fingerprint density at radius 2 is 1.88 bits per heavy atom. The van der Waals surface area contributed by atoms with E-state index in [4.69, 9.17) is 16.3 Å². The van der Waals surface area contributed by atoms with E-state index in [1.165, 1.54) is 12.1 Å². The van der Waals surface area contributed by atoms with Gasteiger partial charge in [-0.15, -0.1) is 0 Å². The number of carbonyl (C=O) groups is 1. The van der Waals surface area contributed by atoms with Crippen LogP contribution >= 0.6 is 11.6 Å². The summed E-state index contributed by atoms with van der Waals surface area (Å²) >= 11 is 5.83. The second-order valence-corrected chi connectivity index (χ2v) is 10.7. The van der Waals surface area contributed by atoms with Gasteiger partial charge in [-0.2, -0.15) is 0 Å². The van der Waals surface area contributed by atoms with Crippen molar-refractivity contribution in [3.8, 4) is 5.75 Å². The lowest BCUT2D eigenvalue weighted by molar-refractivity contribution is -0.122. The maximum absolute atomic E-state index is 13.6. The fourth-order valence-electron chi connectivity index (χ4n) is 3.35. The molecule has 0 aliphatic rings. The van der Waals surface area contributed by atoms with Crippen molar-refractivity contribution in [2.24, 2.45) is 0 Å². The van der Waals surface area contributed by atoms with E-state index in [-0.39, 0.29) is 35.7 Å². The minimum Gasteiger partial charge on any atom is -0.491 e. The SMILES string of the molecule is CC[C@H](C(=O)NCCOc1ccccc1C(C)(C)C)N(c1ccc(F)c(Cl)c1)S(C)(=O)=O. The molecule has 0 spiro atoms. The molecule has 0 saturated heterocycles. The normalized spacial score (nSPS) is 12.8. The number of sulfonamides is 1. The van der Waals surface area contributed by atoms with Crippen molar-refractivity contribution in [2.75, 3.05) is 23.7 Å². The van der Waals surface area contributed by atoms with E-state index in [1.54, 1.807) is 6.92 Å². The number of anilines is 1. The zero-order chi connectivity index (χ0) is 24.1. The van der Waals surface area contributed by atoms with Gasteiger partial charge in [0.1, 0.15) is 24.2 Å². The third kappa shape index (κ3) is 6.59. The molecular formula is C23H30ClFN2O4S. The molecule has 9 heteroatoms. The van der Waals surface area contributed by atoms with Gasteiger partial charge in [0.15, 0.2) is 0 Å². The Kier molecular flexibility index (Phi) is 8.54. The highest BCUT2D eigenvalue weighted by molar-refractivity contribution is 7.92. The zero-order valence-corrected chi connectivity index (χ0v) is 20.6. The van der Waals surface area contributed by atoms with Gasteiger partial charge in [0.05, 0.1) is 23.5 Å². The number of rotatable bonds is 9. The van der Waals surface area contributed by atoms with Crippen molar-refractivity contribution in [2.45, 2.75) is 45.6 Å². The molecule has 32 heavy (non-hydrogen) atoms. The summed E-state index contributed by atoms with van der Waals surface area (Å²) in [5.41, 5.74) is 1.07. The Bertz CT molecular complexity index is 1050. The van der Waals surface area contributed by atoms with Gasteiger partial charge in [-0.25, -0.2) is 12.8 Å². The van der Waals surface area contributed by atoms with Crippen LogP contribution in [-0.4, -0.2) is 39.8 Å². The highest BCUT2D eigenvalue weighted by atomic mass is 35.5. The average molecular weight is 485 g/mol. The van der Waals surface area contributed by atoms with E-state index < -0.39 is 27.8 Å². The number of halogens is 2. The van der Waals surface area contributed by atoms with Gasteiger partial charge in [-0.05, 0) is 41.7 Å². The Morgan fingerprint density at radius 1 is 1.22 bits per heavy atom. The maximum Gasteiger partial charge on any atom is 0.244 e. The number of nitrogens with zero attached hydrogens (tertiary/aromatic N) is 1. The number of hydrogen-bond donors (Lipinski definition) is 1. The second-order valence-electron chi connectivity index (χ2n) is 8.47. The summed E-state index contributed by atoms with van der Waals surface area (Å²) in [6.45, 7) is 8.37. The van der Waals surface area contributed by atoms with Crippen molar-refractivity contribution < 1.29 is 22.3 Å². The molecule has 1 amide bonds. The van der Waals surface area contributed by atoms with E-state index >= 15 is 0 Å². The van der Waals surface area contributed by atoms with Gasteiger partial charge in [-0.1, -0.05) is 57.5 Å². The molecule has 6 nitrogen and oxygen atoms in total. The van der Waals surface area contributed by atoms with Crippen LogP contribution in [0.4, 0.5) is 10.1 Å². The molecule has 0 unspecified atom stereocenters. The quantitative estimate of drug-likeness (QED) is 0.531. The molecule has 1 N–H and O–H groups in total. The zero-order valence-electron chi connectivity index (χ0n) is 19.0. The number of carbonyl (C=O) groups excluding carboxylic acids is 1.